The van der Waals surface area contributed by atoms with Crippen molar-refractivity contribution in [3.8, 4) is 0 Å². The first-order chi connectivity index (χ1) is 9.86. The van der Waals surface area contributed by atoms with Crippen molar-refractivity contribution < 1.29 is 5.11 Å². The third-order valence-electron chi connectivity index (χ3n) is 4.65. The molecule has 0 aliphatic rings. The standard InChI is InChI=1S/C17H27N3O/c1-6-12(2)17(4,21)11-18-13(3)16-19-14-9-7-8-10-15(14)20(16)5/h7-10,12-13,18,21H,6,11H2,1-5H3. The molecule has 2 rings (SSSR count). The van der Waals surface area contributed by atoms with Gasteiger partial charge in [0.25, 0.3) is 0 Å². The maximum atomic E-state index is 10.5. The van der Waals surface area contributed by atoms with Crippen molar-refractivity contribution in [2.24, 2.45) is 13.0 Å². The Morgan fingerprint density at radius 1 is 1.33 bits per heavy atom. The van der Waals surface area contributed by atoms with E-state index in [4.69, 9.17) is 4.98 Å². The summed E-state index contributed by atoms with van der Waals surface area (Å²) in [7, 11) is 2.04. The lowest BCUT2D eigenvalue weighted by molar-refractivity contribution is 0.00341. The summed E-state index contributed by atoms with van der Waals surface area (Å²) in [6.07, 6.45) is 0.968. The van der Waals surface area contributed by atoms with Crippen molar-refractivity contribution in [2.45, 2.75) is 45.8 Å². The fourth-order valence-electron chi connectivity index (χ4n) is 2.62. The van der Waals surface area contributed by atoms with Crippen LogP contribution in [0.2, 0.25) is 0 Å². The van der Waals surface area contributed by atoms with E-state index in [1.54, 1.807) is 0 Å². The molecule has 21 heavy (non-hydrogen) atoms. The first kappa shape index (κ1) is 16.0. The topological polar surface area (TPSA) is 50.1 Å². The minimum absolute atomic E-state index is 0.0953. The van der Waals surface area contributed by atoms with Crippen LogP contribution >= 0.6 is 0 Å². The van der Waals surface area contributed by atoms with Gasteiger partial charge in [0, 0.05) is 13.6 Å². The minimum atomic E-state index is -0.701. The third kappa shape index (κ3) is 3.27. The summed E-state index contributed by atoms with van der Waals surface area (Å²) < 4.78 is 2.12. The summed E-state index contributed by atoms with van der Waals surface area (Å²) in [4.78, 5) is 4.70. The molecule has 3 unspecified atom stereocenters. The molecular weight excluding hydrogens is 262 g/mol. The van der Waals surface area contributed by atoms with Gasteiger partial charge in [-0.2, -0.15) is 0 Å². The predicted octanol–water partition coefficient (Wildman–Crippen LogP) is 3.02. The molecular formula is C17H27N3O. The molecule has 3 atom stereocenters. The second-order valence-electron chi connectivity index (χ2n) is 6.29. The quantitative estimate of drug-likeness (QED) is 0.859. The second-order valence-corrected chi connectivity index (χ2v) is 6.29. The number of aryl methyl sites for hydroxylation is 1. The molecule has 0 radical (unpaired) electrons. The van der Waals surface area contributed by atoms with Crippen LogP contribution in [0.5, 0.6) is 0 Å². The van der Waals surface area contributed by atoms with Crippen LogP contribution in [0.25, 0.3) is 11.0 Å². The van der Waals surface area contributed by atoms with Crippen LogP contribution in [-0.4, -0.2) is 26.8 Å². The van der Waals surface area contributed by atoms with Gasteiger partial charge in [-0.15, -0.1) is 0 Å². The van der Waals surface area contributed by atoms with E-state index in [2.05, 4.69) is 36.7 Å². The minimum Gasteiger partial charge on any atom is -0.389 e. The Bertz CT molecular complexity index is 603. The molecule has 0 saturated heterocycles. The molecule has 4 nitrogen and oxygen atoms in total. The van der Waals surface area contributed by atoms with Crippen molar-refractivity contribution in [1.29, 1.82) is 0 Å². The van der Waals surface area contributed by atoms with Crippen molar-refractivity contribution in [3.05, 3.63) is 30.1 Å². The summed E-state index contributed by atoms with van der Waals surface area (Å²) in [5.74, 6) is 1.26. The molecule has 116 valence electrons. The number of fused-ring (bicyclic) bond motifs is 1. The van der Waals surface area contributed by atoms with Crippen LogP contribution in [0.4, 0.5) is 0 Å². The highest BCUT2D eigenvalue weighted by atomic mass is 16.3. The first-order valence-electron chi connectivity index (χ1n) is 7.74. The molecule has 2 N–H and O–H groups in total. The maximum Gasteiger partial charge on any atom is 0.126 e. The molecule has 0 spiro atoms. The van der Waals surface area contributed by atoms with Gasteiger partial charge in [-0.1, -0.05) is 32.4 Å². The van der Waals surface area contributed by atoms with Gasteiger partial charge in [-0.25, -0.2) is 4.98 Å². The summed E-state index contributed by atoms with van der Waals surface area (Å²) in [5.41, 5.74) is 1.44. The van der Waals surface area contributed by atoms with Gasteiger partial charge in [0.15, 0.2) is 0 Å². The molecule has 0 bridgehead atoms. The maximum absolute atomic E-state index is 10.5. The predicted molar refractivity (Wildman–Crippen MR) is 87.2 cm³/mol. The fraction of sp³-hybridized carbons (Fsp3) is 0.588. The molecule has 2 aromatic rings. The van der Waals surface area contributed by atoms with Crippen LogP contribution < -0.4 is 5.32 Å². The average Bonchev–Trinajstić information content (AvgIpc) is 2.81. The summed E-state index contributed by atoms with van der Waals surface area (Å²) >= 11 is 0. The van der Waals surface area contributed by atoms with Gasteiger partial charge in [0.05, 0.1) is 22.7 Å². The molecule has 1 aromatic carbocycles. The van der Waals surface area contributed by atoms with E-state index in [1.165, 1.54) is 0 Å². The van der Waals surface area contributed by atoms with Gasteiger partial charge >= 0.3 is 0 Å². The lowest BCUT2D eigenvalue weighted by Crippen LogP contribution is -2.44. The molecule has 0 amide bonds. The molecule has 0 saturated carbocycles. The highest BCUT2D eigenvalue weighted by molar-refractivity contribution is 5.75. The van der Waals surface area contributed by atoms with Crippen LogP contribution in [0.1, 0.15) is 46.0 Å². The Balaban J connectivity index is 2.12. The molecule has 0 fully saturated rings. The van der Waals surface area contributed by atoms with Crippen LogP contribution in [0.15, 0.2) is 24.3 Å². The molecule has 0 aliphatic carbocycles. The Kier molecular flexibility index (Phi) is 4.69. The Morgan fingerprint density at radius 2 is 2.00 bits per heavy atom. The second kappa shape index (κ2) is 6.16. The van der Waals surface area contributed by atoms with E-state index >= 15 is 0 Å². The van der Waals surface area contributed by atoms with Gasteiger partial charge in [-0.05, 0) is 31.9 Å². The first-order valence-corrected chi connectivity index (χ1v) is 7.74. The lowest BCUT2D eigenvalue weighted by Gasteiger charge is -2.31. The molecule has 4 heteroatoms. The Labute approximate surface area is 127 Å². The highest BCUT2D eigenvalue weighted by Crippen LogP contribution is 2.22. The van der Waals surface area contributed by atoms with E-state index in [0.717, 1.165) is 23.3 Å². The van der Waals surface area contributed by atoms with Crippen molar-refractivity contribution in [2.75, 3.05) is 6.54 Å². The fourth-order valence-corrected chi connectivity index (χ4v) is 2.62. The van der Waals surface area contributed by atoms with Gasteiger partial charge in [-0.3, -0.25) is 0 Å². The highest BCUT2D eigenvalue weighted by Gasteiger charge is 2.27. The molecule has 1 aromatic heterocycles. The Hall–Kier alpha value is -1.39. The largest absolute Gasteiger partial charge is 0.389 e. The van der Waals surface area contributed by atoms with Crippen LogP contribution in [0, 0.1) is 5.92 Å². The van der Waals surface area contributed by atoms with Crippen molar-refractivity contribution in [3.63, 3.8) is 0 Å². The summed E-state index contributed by atoms with van der Waals surface area (Å²) in [5, 5.41) is 13.9. The van der Waals surface area contributed by atoms with Crippen molar-refractivity contribution in [1.82, 2.24) is 14.9 Å². The SMILES string of the molecule is CCC(C)C(C)(O)CNC(C)c1nc2ccccc2n1C. The number of hydrogen-bond donors (Lipinski definition) is 2. The van der Waals surface area contributed by atoms with Crippen molar-refractivity contribution >= 4 is 11.0 Å². The zero-order chi connectivity index (χ0) is 15.6. The third-order valence-corrected chi connectivity index (χ3v) is 4.65. The normalized spacial score (nSPS) is 17.6. The van der Waals surface area contributed by atoms with Gasteiger partial charge in [0.1, 0.15) is 5.82 Å². The number of aromatic nitrogens is 2. The summed E-state index contributed by atoms with van der Waals surface area (Å²) in [6.45, 7) is 8.74. The average molecular weight is 289 g/mol. The zero-order valence-electron chi connectivity index (χ0n) is 13.7. The van der Waals surface area contributed by atoms with E-state index < -0.39 is 5.60 Å². The van der Waals surface area contributed by atoms with Crippen LogP contribution in [0.3, 0.4) is 0 Å². The number of para-hydroxylation sites is 2. The van der Waals surface area contributed by atoms with E-state index in [9.17, 15) is 5.11 Å². The van der Waals surface area contributed by atoms with Gasteiger partial charge < -0.3 is 15.0 Å². The Morgan fingerprint density at radius 3 is 2.62 bits per heavy atom. The number of nitrogens with one attached hydrogen (secondary N) is 1. The zero-order valence-corrected chi connectivity index (χ0v) is 13.7. The van der Waals surface area contributed by atoms with E-state index in [0.29, 0.717) is 6.54 Å². The van der Waals surface area contributed by atoms with E-state index in [1.807, 2.05) is 32.2 Å². The number of rotatable bonds is 6. The lowest BCUT2D eigenvalue weighted by atomic mass is 9.88. The number of nitrogens with zero attached hydrogens (tertiary/aromatic N) is 2. The monoisotopic (exact) mass is 289 g/mol. The molecule has 1 heterocycles. The number of hydrogen-bond acceptors (Lipinski definition) is 3. The number of imidazole rings is 1. The van der Waals surface area contributed by atoms with Gasteiger partial charge in [0.2, 0.25) is 0 Å². The number of aliphatic hydroxyl groups is 1. The van der Waals surface area contributed by atoms with Crippen LogP contribution in [-0.2, 0) is 7.05 Å². The van der Waals surface area contributed by atoms with E-state index in [-0.39, 0.29) is 12.0 Å². The number of benzene rings is 1. The molecule has 0 aliphatic heterocycles. The summed E-state index contributed by atoms with van der Waals surface area (Å²) in [6, 6.07) is 8.23. The smallest absolute Gasteiger partial charge is 0.126 e.